The van der Waals surface area contributed by atoms with Gasteiger partial charge in [0.2, 0.25) is 0 Å². The maximum atomic E-state index is 11.1. The van der Waals surface area contributed by atoms with Crippen LogP contribution < -0.4 is 4.90 Å². The Morgan fingerprint density at radius 3 is 2.82 bits per heavy atom. The molecule has 17 heavy (non-hydrogen) atoms. The summed E-state index contributed by atoms with van der Waals surface area (Å²) < 4.78 is 5.29. The largest absolute Gasteiger partial charge is 0.478 e. The maximum absolute atomic E-state index is 11.1. The number of methoxy groups -OCH3 is 1. The van der Waals surface area contributed by atoms with E-state index in [0.717, 1.165) is 25.9 Å². The summed E-state index contributed by atoms with van der Waals surface area (Å²) in [6.45, 7) is 1.62. The topological polar surface area (TPSA) is 62.7 Å². The average Bonchev–Trinajstić information content (AvgIpc) is 2.39. The lowest BCUT2D eigenvalue weighted by Gasteiger charge is -2.33. The highest BCUT2D eigenvalue weighted by atomic mass is 16.5. The Balaban J connectivity index is 2.15. The highest BCUT2D eigenvalue weighted by Crippen LogP contribution is 2.23. The normalized spacial score (nSPS) is 17.1. The summed E-state index contributed by atoms with van der Waals surface area (Å²) in [6, 6.07) is 1.54. The number of carboxylic acid groups (broad SMARTS) is 1. The number of ether oxygens (including phenoxy) is 1. The molecule has 0 aromatic carbocycles. The molecule has 0 radical (unpaired) electrons. The number of carboxylic acids is 1. The minimum Gasteiger partial charge on any atom is -0.478 e. The Hall–Kier alpha value is -1.62. The molecule has 1 aliphatic rings. The van der Waals surface area contributed by atoms with Crippen LogP contribution in [0.2, 0.25) is 0 Å². The predicted octanol–water partition coefficient (Wildman–Crippen LogP) is 1.40. The van der Waals surface area contributed by atoms with Crippen molar-refractivity contribution in [1.82, 2.24) is 4.98 Å². The lowest BCUT2D eigenvalue weighted by molar-refractivity contribution is 0.0696. The summed E-state index contributed by atoms with van der Waals surface area (Å²) in [5, 5.41) is 9.12. The Kier molecular flexibility index (Phi) is 3.58. The number of nitrogens with zero attached hydrogens (tertiary/aromatic N) is 2. The minimum absolute atomic E-state index is 0.288. The van der Waals surface area contributed by atoms with Gasteiger partial charge >= 0.3 is 5.97 Å². The zero-order valence-electron chi connectivity index (χ0n) is 9.80. The van der Waals surface area contributed by atoms with Crippen LogP contribution in [0.3, 0.4) is 0 Å². The molecule has 0 amide bonds. The molecule has 1 saturated heterocycles. The van der Waals surface area contributed by atoms with Crippen molar-refractivity contribution in [3.63, 3.8) is 0 Å². The number of hydrogen-bond donors (Lipinski definition) is 1. The number of anilines is 1. The zero-order valence-corrected chi connectivity index (χ0v) is 9.80. The van der Waals surface area contributed by atoms with Crippen LogP contribution >= 0.6 is 0 Å². The van der Waals surface area contributed by atoms with Gasteiger partial charge in [0.15, 0.2) is 0 Å². The molecule has 0 unspecified atom stereocenters. The van der Waals surface area contributed by atoms with E-state index in [9.17, 15) is 4.79 Å². The Morgan fingerprint density at radius 1 is 1.53 bits per heavy atom. The van der Waals surface area contributed by atoms with Crippen molar-refractivity contribution in [2.75, 3.05) is 25.1 Å². The molecule has 1 fully saturated rings. The fraction of sp³-hybridized carbons (Fsp3) is 0.500. The van der Waals surface area contributed by atoms with E-state index in [1.807, 2.05) is 0 Å². The lowest BCUT2D eigenvalue weighted by atomic mass is 10.1. The molecule has 1 aliphatic heterocycles. The third-order valence-electron chi connectivity index (χ3n) is 3.15. The van der Waals surface area contributed by atoms with E-state index >= 15 is 0 Å². The van der Waals surface area contributed by atoms with Crippen LogP contribution in [0.4, 0.5) is 5.69 Å². The van der Waals surface area contributed by atoms with Crippen molar-refractivity contribution in [3.05, 3.63) is 24.0 Å². The molecule has 1 aromatic heterocycles. The highest BCUT2D eigenvalue weighted by Gasteiger charge is 2.22. The first-order valence-electron chi connectivity index (χ1n) is 5.67. The SMILES string of the molecule is COC1CCN(c2cnccc2C(=O)O)CC1. The molecule has 2 heterocycles. The van der Waals surface area contributed by atoms with Crippen LogP contribution in [-0.2, 0) is 4.74 Å². The van der Waals surface area contributed by atoms with Crippen molar-refractivity contribution in [2.45, 2.75) is 18.9 Å². The van der Waals surface area contributed by atoms with Gasteiger partial charge in [-0.15, -0.1) is 0 Å². The van der Waals surface area contributed by atoms with Gasteiger partial charge in [-0.25, -0.2) is 4.79 Å². The smallest absolute Gasteiger partial charge is 0.337 e. The van der Waals surface area contributed by atoms with Crippen LogP contribution in [0.15, 0.2) is 18.5 Å². The van der Waals surface area contributed by atoms with Crippen molar-refractivity contribution in [1.29, 1.82) is 0 Å². The van der Waals surface area contributed by atoms with E-state index in [0.29, 0.717) is 11.3 Å². The monoisotopic (exact) mass is 236 g/mol. The molecule has 2 rings (SSSR count). The summed E-state index contributed by atoms with van der Waals surface area (Å²) >= 11 is 0. The van der Waals surface area contributed by atoms with E-state index in [4.69, 9.17) is 9.84 Å². The number of aromatic nitrogens is 1. The van der Waals surface area contributed by atoms with Crippen LogP contribution in [-0.4, -0.2) is 42.4 Å². The average molecular weight is 236 g/mol. The van der Waals surface area contributed by atoms with Gasteiger partial charge in [-0.1, -0.05) is 0 Å². The van der Waals surface area contributed by atoms with E-state index in [-0.39, 0.29) is 6.10 Å². The second-order valence-corrected chi connectivity index (χ2v) is 4.12. The first kappa shape index (κ1) is 11.9. The van der Waals surface area contributed by atoms with Gasteiger partial charge in [-0.2, -0.15) is 0 Å². The molecule has 0 atom stereocenters. The van der Waals surface area contributed by atoms with Gasteiger partial charge in [0.05, 0.1) is 23.6 Å². The number of rotatable bonds is 3. The predicted molar refractivity (Wildman–Crippen MR) is 63.4 cm³/mol. The molecule has 92 valence electrons. The van der Waals surface area contributed by atoms with Gasteiger partial charge in [-0.05, 0) is 18.9 Å². The number of piperidine rings is 1. The van der Waals surface area contributed by atoms with Gasteiger partial charge in [0.1, 0.15) is 0 Å². The molecule has 0 saturated carbocycles. The quantitative estimate of drug-likeness (QED) is 0.859. The summed E-state index contributed by atoms with van der Waals surface area (Å²) in [7, 11) is 1.72. The second kappa shape index (κ2) is 5.14. The molecular weight excluding hydrogens is 220 g/mol. The summed E-state index contributed by atoms with van der Waals surface area (Å²) in [4.78, 5) is 17.2. The van der Waals surface area contributed by atoms with Gasteiger partial charge in [0.25, 0.3) is 0 Å². The second-order valence-electron chi connectivity index (χ2n) is 4.12. The molecule has 1 aromatic rings. The molecule has 0 bridgehead atoms. The number of aromatic carboxylic acids is 1. The summed E-state index contributed by atoms with van der Waals surface area (Å²) in [6.07, 6.45) is 5.26. The van der Waals surface area contributed by atoms with Gasteiger partial charge < -0.3 is 14.7 Å². The van der Waals surface area contributed by atoms with E-state index < -0.39 is 5.97 Å². The van der Waals surface area contributed by atoms with Crippen LogP contribution in [0.25, 0.3) is 0 Å². The third kappa shape index (κ3) is 2.55. The summed E-state index contributed by atoms with van der Waals surface area (Å²) in [5.41, 5.74) is 1.02. The first-order valence-corrected chi connectivity index (χ1v) is 5.67. The maximum Gasteiger partial charge on any atom is 0.337 e. The number of carbonyl (C=O) groups is 1. The Bertz CT molecular complexity index is 400. The number of pyridine rings is 1. The van der Waals surface area contributed by atoms with Gasteiger partial charge in [0, 0.05) is 26.4 Å². The van der Waals surface area contributed by atoms with Crippen molar-refractivity contribution in [3.8, 4) is 0 Å². The van der Waals surface area contributed by atoms with E-state index in [2.05, 4.69) is 9.88 Å². The van der Waals surface area contributed by atoms with E-state index in [1.165, 1.54) is 6.20 Å². The van der Waals surface area contributed by atoms with Crippen LogP contribution in [0.5, 0.6) is 0 Å². The fourth-order valence-corrected chi connectivity index (χ4v) is 2.15. The van der Waals surface area contributed by atoms with E-state index in [1.54, 1.807) is 19.4 Å². The van der Waals surface area contributed by atoms with Gasteiger partial charge in [-0.3, -0.25) is 4.98 Å². The molecule has 1 N–H and O–H groups in total. The minimum atomic E-state index is -0.906. The Labute approximate surface area is 100 Å². The third-order valence-corrected chi connectivity index (χ3v) is 3.15. The highest BCUT2D eigenvalue weighted by molar-refractivity contribution is 5.94. The molecular formula is C12H16N2O3. The number of hydrogen-bond acceptors (Lipinski definition) is 4. The van der Waals surface area contributed by atoms with Crippen molar-refractivity contribution < 1.29 is 14.6 Å². The molecule has 5 nitrogen and oxygen atoms in total. The first-order chi connectivity index (χ1) is 8.22. The molecule has 0 aliphatic carbocycles. The Morgan fingerprint density at radius 2 is 2.24 bits per heavy atom. The molecule has 0 spiro atoms. The zero-order chi connectivity index (χ0) is 12.3. The fourth-order valence-electron chi connectivity index (χ4n) is 2.15. The van der Waals surface area contributed by atoms with Crippen LogP contribution in [0.1, 0.15) is 23.2 Å². The standard InChI is InChI=1S/C12H16N2O3/c1-17-9-3-6-14(7-4-9)11-8-13-5-2-10(11)12(15)16/h2,5,8-9H,3-4,6-7H2,1H3,(H,15,16). The summed E-state index contributed by atoms with van der Waals surface area (Å²) in [5.74, 6) is -0.906. The van der Waals surface area contributed by atoms with Crippen molar-refractivity contribution >= 4 is 11.7 Å². The molecule has 5 heteroatoms. The van der Waals surface area contributed by atoms with Crippen LogP contribution in [0, 0.1) is 0 Å². The van der Waals surface area contributed by atoms with Crippen molar-refractivity contribution in [2.24, 2.45) is 0 Å². The lowest BCUT2D eigenvalue weighted by Crippen LogP contribution is -2.37.